The molecule has 0 aliphatic heterocycles. The first-order valence-electron chi connectivity index (χ1n) is 6.54. The number of aliphatic hydroxyl groups excluding tert-OH is 1. The predicted octanol–water partition coefficient (Wildman–Crippen LogP) is 0.221. The summed E-state index contributed by atoms with van der Waals surface area (Å²) in [6.07, 6.45) is 1.91. The highest BCUT2D eigenvalue weighted by molar-refractivity contribution is 5.91. The molecule has 1 unspecified atom stereocenters. The third-order valence-corrected chi connectivity index (χ3v) is 2.95. The monoisotopic (exact) mass is 290 g/mol. The lowest BCUT2D eigenvalue weighted by atomic mass is 10.1. The fourth-order valence-electron chi connectivity index (χ4n) is 1.74. The Bertz CT molecular complexity index is 595. The maximum absolute atomic E-state index is 11.9. The average Bonchev–Trinajstić information content (AvgIpc) is 2.98. The maximum atomic E-state index is 11.9. The van der Waals surface area contributed by atoms with E-state index < -0.39 is 6.04 Å². The summed E-state index contributed by atoms with van der Waals surface area (Å²) in [5.41, 5.74) is 13.1. The van der Waals surface area contributed by atoms with Crippen LogP contribution in [0.1, 0.15) is 28.0 Å². The minimum absolute atomic E-state index is 0.140. The molecule has 0 saturated heterocycles. The Balaban J connectivity index is 1.84. The number of oxazole rings is 1. The van der Waals surface area contributed by atoms with Gasteiger partial charge in [-0.2, -0.15) is 0 Å². The van der Waals surface area contributed by atoms with E-state index >= 15 is 0 Å². The van der Waals surface area contributed by atoms with Gasteiger partial charge in [-0.25, -0.2) is 4.98 Å². The van der Waals surface area contributed by atoms with Gasteiger partial charge in [0.25, 0.3) is 5.91 Å². The Kier molecular flexibility index (Phi) is 4.91. The topological polar surface area (TPSA) is 127 Å². The van der Waals surface area contributed by atoms with E-state index in [-0.39, 0.29) is 24.1 Å². The van der Waals surface area contributed by atoms with Crippen molar-refractivity contribution in [2.75, 3.05) is 18.9 Å². The van der Waals surface area contributed by atoms with Crippen LogP contribution in [0.3, 0.4) is 0 Å². The number of benzene rings is 1. The second-order valence-electron chi connectivity index (χ2n) is 4.61. The van der Waals surface area contributed by atoms with E-state index in [0.29, 0.717) is 18.7 Å². The number of amides is 1. The summed E-state index contributed by atoms with van der Waals surface area (Å²) in [4.78, 5) is 15.8. The summed E-state index contributed by atoms with van der Waals surface area (Å²) in [6, 6.07) is 6.74. The molecule has 1 amide bonds. The Morgan fingerprint density at radius 1 is 1.38 bits per heavy atom. The van der Waals surface area contributed by atoms with Crippen LogP contribution in [0.25, 0.3) is 0 Å². The van der Waals surface area contributed by atoms with Gasteiger partial charge in [0.2, 0.25) is 5.89 Å². The Labute approximate surface area is 122 Å². The zero-order valence-electron chi connectivity index (χ0n) is 11.5. The number of hydrogen-bond donors (Lipinski definition) is 4. The van der Waals surface area contributed by atoms with E-state index in [1.165, 1.54) is 6.26 Å². The molecule has 0 saturated carbocycles. The van der Waals surface area contributed by atoms with Crippen molar-refractivity contribution in [1.82, 2.24) is 10.3 Å². The van der Waals surface area contributed by atoms with Crippen molar-refractivity contribution in [3.05, 3.63) is 47.7 Å². The lowest BCUT2D eigenvalue weighted by Crippen LogP contribution is -2.26. The van der Waals surface area contributed by atoms with Gasteiger partial charge in [-0.05, 0) is 24.1 Å². The summed E-state index contributed by atoms with van der Waals surface area (Å²) in [6.45, 7) is 0.176. The highest BCUT2D eigenvalue weighted by Gasteiger charge is 2.15. The first-order chi connectivity index (χ1) is 10.1. The number of carbonyl (C=O) groups excluding carboxylic acids is 1. The smallest absolute Gasteiger partial charge is 0.273 e. The molecule has 2 rings (SSSR count). The van der Waals surface area contributed by atoms with E-state index in [2.05, 4.69) is 10.3 Å². The normalized spacial score (nSPS) is 12.1. The van der Waals surface area contributed by atoms with E-state index in [4.69, 9.17) is 21.0 Å². The Hall–Kier alpha value is -2.38. The fraction of sp³-hybridized carbons (Fsp3) is 0.286. The van der Waals surface area contributed by atoms with Crippen molar-refractivity contribution in [2.45, 2.75) is 12.5 Å². The van der Waals surface area contributed by atoms with Crippen LogP contribution in [0.15, 0.2) is 34.9 Å². The van der Waals surface area contributed by atoms with Crippen LogP contribution < -0.4 is 16.8 Å². The van der Waals surface area contributed by atoms with Crippen molar-refractivity contribution in [1.29, 1.82) is 0 Å². The molecule has 1 aromatic heterocycles. The van der Waals surface area contributed by atoms with Crippen LogP contribution in [0.5, 0.6) is 0 Å². The van der Waals surface area contributed by atoms with E-state index in [1.54, 1.807) is 0 Å². The van der Waals surface area contributed by atoms with Crippen LogP contribution in [-0.4, -0.2) is 29.1 Å². The number of anilines is 1. The summed E-state index contributed by atoms with van der Waals surface area (Å²) in [7, 11) is 0. The lowest BCUT2D eigenvalue weighted by molar-refractivity contribution is 0.0949. The molecule has 112 valence electrons. The van der Waals surface area contributed by atoms with Gasteiger partial charge >= 0.3 is 0 Å². The Morgan fingerprint density at radius 2 is 2.10 bits per heavy atom. The van der Waals surface area contributed by atoms with E-state index in [1.807, 2.05) is 24.3 Å². The molecule has 21 heavy (non-hydrogen) atoms. The van der Waals surface area contributed by atoms with Gasteiger partial charge in [-0.1, -0.05) is 12.1 Å². The molecule has 0 aliphatic rings. The zero-order valence-corrected chi connectivity index (χ0v) is 11.5. The molecule has 1 heterocycles. The highest BCUT2D eigenvalue weighted by atomic mass is 16.3. The molecule has 1 aromatic carbocycles. The lowest BCUT2D eigenvalue weighted by Gasteiger charge is -2.04. The van der Waals surface area contributed by atoms with Gasteiger partial charge in [0.1, 0.15) is 12.3 Å². The molecule has 7 heteroatoms. The number of aliphatic hydroxyl groups is 1. The van der Waals surface area contributed by atoms with Gasteiger partial charge < -0.3 is 26.3 Å². The van der Waals surface area contributed by atoms with Crippen molar-refractivity contribution >= 4 is 11.6 Å². The molecule has 7 nitrogen and oxygen atoms in total. The van der Waals surface area contributed by atoms with E-state index in [0.717, 1.165) is 5.56 Å². The zero-order chi connectivity index (χ0) is 15.2. The quantitative estimate of drug-likeness (QED) is 0.564. The third-order valence-electron chi connectivity index (χ3n) is 2.95. The molecular weight excluding hydrogens is 272 g/mol. The van der Waals surface area contributed by atoms with Crippen LogP contribution >= 0.6 is 0 Å². The van der Waals surface area contributed by atoms with Crippen LogP contribution in [0.4, 0.5) is 5.69 Å². The number of nitrogens with two attached hydrogens (primary N) is 2. The van der Waals surface area contributed by atoms with Crippen LogP contribution in [0.2, 0.25) is 0 Å². The number of nitrogen functional groups attached to an aromatic ring is 1. The molecule has 0 bridgehead atoms. The van der Waals surface area contributed by atoms with Crippen LogP contribution in [-0.2, 0) is 6.42 Å². The maximum Gasteiger partial charge on any atom is 0.273 e. The van der Waals surface area contributed by atoms with Gasteiger partial charge in [-0.15, -0.1) is 0 Å². The summed E-state index contributed by atoms with van der Waals surface area (Å²) < 4.78 is 5.05. The minimum Gasteiger partial charge on any atom is -0.446 e. The second-order valence-corrected chi connectivity index (χ2v) is 4.61. The largest absolute Gasteiger partial charge is 0.446 e. The third kappa shape index (κ3) is 4.04. The van der Waals surface area contributed by atoms with Crippen molar-refractivity contribution in [3.63, 3.8) is 0 Å². The Morgan fingerprint density at radius 3 is 2.76 bits per heavy atom. The molecule has 0 radical (unpaired) electrons. The summed E-state index contributed by atoms with van der Waals surface area (Å²) in [5, 5.41) is 11.6. The molecule has 0 spiro atoms. The number of carbonyl (C=O) groups is 1. The standard InChI is InChI=1S/C14H18N4O3/c15-10-3-1-9(2-4-10)5-6-17-13(20)12-8-21-14(18-12)11(16)7-19/h1-4,8,11,19H,5-7,15-16H2,(H,17,20). The number of rotatable bonds is 6. The molecular formula is C14H18N4O3. The fourth-order valence-corrected chi connectivity index (χ4v) is 1.74. The SMILES string of the molecule is Nc1ccc(CCNC(=O)c2coc(C(N)CO)n2)cc1. The van der Waals surface area contributed by atoms with Gasteiger partial charge in [0.15, 0.2) is 5.69 Å². The summed E-state index contributed by atoms with van der Waals surface area (Å²) in [5.74, 6) is -0.202. The molecule has 6 N–H and O–H groups in total. The average molecular weight is 290 g/mol. The van der Waals surface area contributed by atoms with E-state index in [9.17, 15) is 4.79 Å². The first-order valence-corrected chi connectivity index (χ1v) is 6.54. The van der Waals surface area contributed by atoms with Gasteiger partial charge in [0, 0.05) is 12.2 Å². The van der Waals surface area contributed by atoms with Crippen LogP contribution in [0, 0.1) is 0 Å². The number of hydrogen-bond acceptors (Lipinski definition) is 6. The van der Waals surface area contributed by atoms with Crippen molar-refractivity contribution < 1.29 is 14.3 Å². The highest BCUT2D eigenvalue weighted by Crippen LogP contribution is 2.09. The number of nitrogens with zero attached hydrogens (tertiary/aromatic N) is 1. The number of nitrogens with one attached hydrogen (secondary N) is 1. The van der Waals surface area contributed by atoms with Crippen molar-refractivity contribution in [3.8, 4) is 0 Å². The molecule has 0 fully saturated rings. The van der Waals surface area contributed by atoms with Gasteiger partial charge in [-0.3, -0.25) is 4.79 Å². The molecule has 2 aromatic rings. The van der Waals surface area contributed by atoms with Crippen molar-refractivity contribution in [2.24, 2.45) is 5.73 Å². The molecule has 1 atom stereocenters. The first kappa shape index (κ1) is 15.0. The van der Waals surface area contributed by atoms with Gasteiger partial charge in [0.05, 0.1) is 6.61 Å². The molecule has 0 aliphatic carbocycles. The summed E-state index contributed by atoms with van der Waals surface area (Å²) >= 11 is 0. The predicted molar refractivity (Wildman–Crippen MR) is 77.4 cm³/mol. The number of aromatic nitrogens is 1. The second kappa shape index (κ2) is 6.87. The minimum atomic E-state index is -0.721.